The van der Waals surface area contributed by atoms with Crippen LogP contribution < -0.4 is 10.1 Å². The molecule has 0 aliphatic carbocycles. The van der Waals surface area contributed by atoms with E-state index in [1.807, 2.05) is 4.90 Å². The summed E-state index contributed by atoms with van der Waals surface area (Å²) in [6, 6.07) is 6.48. The van der Waals surface area contributed by atoms with Gasteiger partial charge in [0.15, 0.2) is 0 Å². The van der Waals surface area contributed by atoms with Gasteiger partial charge in [-0.25, -0.2) is 0 Å². The van der Waals surface area contributed by atoms with Crippen molar-refractivity contribution in [3.63, 3.8) is 0 Å². The maximum atomic E-state index is 11.3. The minimum Gasteiger partial charge on any atom is -0.492 e. The molecule has 2 aliphatic heterocycles. The number of nitrogens with one attached hydrogen (secondary N) is 1. The number of benzene rings is 1. The predicted octanol–water partition coefficient (Wildman–Crippen LogP) is 0.833. The Bertz CT molecular complexity index is 510. The lowest BCUT2D eigenvalue weighted by Crippen LogP contribution is -2.47. The number of carbonyl (C=O) groups is 1. The zero-order chi connectivity index (χ0) is 14.7. The lowest BCUT2D eigenvalue weighted by molar-refractivity contribution is -0.130. The molecule has 0 bridgehead atoms. The van der Waals surface area contributed by atoms with E-state index < -0.39 is 0 Å². The molecule has 0 radical (unpaired) electrons. The van der Waals surface area contributed by atoms with E-state index in [4.69, 9.17) is 4.74 Å². The number of ether oxygens (including phenoxy) is 1. The molecule has 2 aliphatic rings. The van der Waals surface area contributed by atoms with Crippen LogP contribution in [-0.4, -0.2) is 55.0 Å². The van der Waals surface area contributed by atoms with Crippen LogP contribution in [0.25, 0.3) is 0 Å². The maximum Gasteiger partial charge on any atom is 0.219 e. The van der Waals surface area contributed by atoms with Gasteiger partial charge in [0.25, 0.3) is 0 Å². The molecule has 0 spiro atoms. The van der Waals surface area contributed by atoms with Crippen LogP contribution in [0.4, 0.5) is 0 Å². The first-order valence-corrected chi connectivity index (χ1v) is 7.65. The van der Waals surface area contributed by atoms with Crippen LogP contribution in [-0.2, 0) is 17.9 Å². The third-order valence-electron chi connectivity index (χ3n) is 4.20. The van der Waals surface area contributed by atoms with Gasteiger partial charge in [-0.2, -0.15) is 0 Å². The Labute approximate surface area is 125 Å². The highest BCUT2D eigenvalue weighted by Gasteiger charge is 2.19. The van der Waals surface area contributed by atoms with Gasteiger partial charge in [0, 0.05) is 58.3 Å². The number of piperazine rings is 1. The van der Waals surface area contributed by atoms with Gasteiger partial charge >= 0.3 is 0 Å². The third-order valence-corrected chi connectivity index (χ3v) is 4.20. The van der Waals surface area contributed by atoms with E-state index in [0.29, 0.717) is 0 Å². The molecule has 5 heteroatoms. The molecule has 1 amide bonds. The molecule has 0 aromatic heterocycles. The van der Waals surface area contributed by atoms with Crippen LogP contribution >= 0.6 is 0 Å². The second-order valence-electron chi connectivity index (χ2n) is 5.75. The zero-order valence-electron chi connectivity index (χ0n) is 12.6. The highest BCUT2D eigenvalue weighted by Crippen LogP contribution is 2.22. The van der Waals surface area contributed by atoms with Crippen molar-refractivity contribution in [2.24, 2.45) is 0 Å². The third kappa shape index (κ3) is 3.54. The minimum absolute atomic E-state index is 0.183. The number of fused-ring (bicyclic) bond motifs is 1. The van der Waals surface area contributed by atoms with E-state index in [2.05, 4.69) is 28.4 Å². The molecule has 1 fully saturated rings. The Morgan fingerprint density at radius 1 is 1.29 bits per heavy atom. The van der Waals surface area contributed by atoms with Gasteiger partial charge in [-0.15, -0.1) is 0 Å². The SMILES string of the molecule is CC(=O)N1CCN(Cc2ccc3c(c2)CNCCO3)CC1. The summed E-state index contributed by atoms with van der Waals surface area (Å²) in [5.41, 5.74) is 2.56. The topological polar surface area (TPSA) is 44.8 Å². The predicted molar refractivity (Wildman–Crippen MR) is 81.2 cm³/mol. The van der Waals surface area contributed by atoms with Crippen molar-refractivity contribution in [3.8, 4) is 5.75 Å². The molecule has 1 saturated heterocycles. The van der Waals surface area contributed by atoms with E-state index in [1.54, 1.807) is 6.92 Å². The molecule has 0 atom stereocenters. The number of nitrogens with zero attached hydrogens (tertiary/aromatic N) is 2. The van der Waals surface area contributed by atoms with Gasteiger partial charge in [-0.05, 0) is 17.7 Å². The molecule has 1 N–H and O–H groups in total. The number of hydrogen-bond acceptors (Lipinski definition) is 4. The lowest BCUT2D eigenvalue weighted by atomic mass is 10.1. The Hall–Kier alpha value is -1.59. The van der Waals surface area contributed by atoms with Crippen molar-refractivity contribution < 1.29 is 9.53 Å². The normalized spacial score (nSPS) is 19.6. The summed E-state index contributed by atoms with van der Waals surface area (Å²) in [4.78, 5) is 15.7. The first-order valence-electron chi connectivity index (χ1n) is 7.65. The monoisotopic (exact) mass is 289 g/mol. The molecule has 0 saturated carbocycles. The fourth-order valence-electron chi connectivity index (χ4n) is 2.95. The van der Waals surface area contributed by atoms with Gasteiger partial charge in [0.1, 0.15) is 12.4 Å². The van der Waals surface area contributed by atoms with Crippen molar-refractivity contribution in [2.45, 2.75) is 20.0 Å². The second kappa shape index (κ2) is 6.45. The Balaban J connectivity index is 1.61. The smallest absolute Gasteiger partial charge is 0.219 e. The Morgan fingerprint density at radius 2 is 2.10 bits per heavy atom. The molecule has 114 valence electrons. The van der Waals surface area contributed by atoms with Crippen molar-refractivity contribution in [1.29, 1.82) is 0 Å². The molecule has 5 nitrogen and oxygen atoms in total. The maximum absolute atomic E-state index is 11.3. The van der Waals surface area contributed by atoms with Crippen molar-refractivity contribution >= 4 is 5.91 Å². The van der Waals surface area contributed by atoms with Gasteiger partial charge < -0.3 is 15.0 Å². The lowest BCUT2D eigenvalue weighted by Gasteiger charge is -2.34. The summed E-state index contributed by atoms with van der Waals surface area (Å²) >= 11 is 0. The van der Waals surface area contributed by atoms with Gasteiger partial charge in [0.05, 0.1) is 0 Å². The standard InChI is InChI=1S/C16H23N3O2/c1-13(20)19-7-5-18(6-8-19)12-14-2-3-16-15(10-14)11-17-4-9-21-16/h2-3,10,17H,4-9,11-12H2,1H3. The number of rotatable bonds is 2. The first-order chi connectivity index (χ1) is 10.2. The van der Waals surface area contributed by atoms with Crippen LogP contribution in [0.3, 0.4) is 0 Å². The first kappa shape index (κ1) is 14.4. The van der Waals surface area contributed by atoms with Crippen LogP contribution in [0, 0.1) is 0 Å². The van der Waals surface area contributed by atoms with E-state index in [0.717, 1.165) is 58.2 Å². The summed E-state index contributed by atoms with van der Waals surface area (Å²) in [5, 5.41) is 3.37. The second-order valence-corrected chi connectivity index (χ2v) is 5.75. The average molecular weight is 289 g/mol. The summed E-state index contributed by atoms with van der Waals surface area (Å²) in [6.45, 7) is 8.68. The van der Waals surface area contributed by atoms with E-state index in [-0.39, 0.29) is 5.91 Å². The molecular weight excluding hydrogens is 266 g/mol. The van der Waals surface area contributed by atoms with Crippen LogP contribution in [0.1, 0.15) is 18.1 Å². The van der Waals surface area contributed by atoms with Crippen molar-refractivity contribution in [1.82, 2.24) is 15.1 Å². The van der Waals surface area contributed by atoms with E-state index >= 15 is 0 Å². The summed E-state index contributed by atoms with van der Waals surface area (Å²) in [7, 11) is 0. The van der Waals surface area contributed by atoms with Gasteiger partial charge in [-0.1, -0.05) is 6.07 Å². The van der Waals surface area contributed by atoms with Gasteiger partial charge in [-0.3, -0.25) is 9.69 Å². The van der Waals surface area contributed by atoms with E-state index in [9.17, 15) is 4.79 Å². The highest BCUT2D eigenvalue weighted by atomic mass is 16.5. The summed E-state index contributed by atoms with van der Waals surface area (Å²) in [5.74, 6) is 1.19. The van der Waals surface area contributed by atoms with E-state index in [1.165, 1.54) is 11.1 Å². The molecule has 3 rings (SSSR count). The largest absolute Gasteiger partial charge is 0.492 e. The Morgan fingerprint density at radius 3 is 2.86 bits per heavy atom. The molecule has 2 heterocycles. The number of carbonyl (C=O) groups excluding carboxylic acids is 1. The summed E-state index contributed by atoms with van der Waals surface area (Å²) < 4.78 is 5.71. The molecule has 21 heavy (non-hydrogen) atoms. The van der Waals surface area contributed by atoms with Crippen molar-refractivity contribution in [2.75, 3.05) is 39.3 Å². The number of amides is 1. The fourth-order valence-corrected chi connectivity index (χ4v) is 2.95. The van der Waals surface area contributed by atoms with Crippen LogP contribution in [0.5, 0.6) is 5.75 Å². The number of hydrogen-bond donors (Lipinski definition) is 1. The highest BCUT2D eigenvalue weighted by molar-refractivity contribution is 5.73. The molecule has 1 aromatic rings. The average Bonchev–Trinajstić information content (AvgIpc) is 2.72. The van der Waals surface area contributed by atoms with Crippen LogP contribution in [0.15, 0.2) is 18.2 Å². The summed E-state index contributed by atoms with van der Waals surface area (Å²) in [6.07, 6.45) is 0. The zero-order valence-corrected chi connectivity index (χ0v) is 12.6. The van der Waals surface area contributed by atoms with Gasteiger partial charge in [0.2, 0.25) is 5.91 Å². The van der Waals surface area contributed by atoms with Crippen LogP contribution in [0.2, 0.25) is 0 Å². The quantitative estimate of drug-likeness (QED) is 0.876. The molecule has 1 aromatic carbocycles. The Kier molecular flexibility index (Phi) is 4.41. The molecule has 0 unspecified atom stereocenters. The fraction of sp³-hybridized carbons (Fsp3) is 0.562. The van der Waals surface area contributed by atoms with Crippen molar-refractivity contribution in [3.05, 3.63) is 29.3 Å². The minimum atomic E-state index is 0.183. The molecular formula is C16H23N3O2.